The molecule has 270 valence electrons. The quantitative estimate of drug-likeness (QED) is 0.161. The molecule has 0 amide bonds. The van der Waals surface area contributed by atoms with Crippen LogP contribution in [0.3, 0.4) is 0 Å². The second-order valence-electron chi connectivity index (χ2n) is 15.2. The maximum atomic E-state index is 6.82. The van der Waals surface area contributed by atoms with Gasteiger partial charge in [0.1, 0.15) is 11.2 Å². The summed E-state index contributed by atoms with van der Waals surface area (Å²) in [6.45, 7) is 0. The molecule has 0 aliphatic heterocycles. The molecule has 0 aliphatic rings. The zero-order valence-corrected chi connectivity index (χ0v) is 31.6. The summed E-state index contributed by atoms with van der Waals surface area (Å²) >= 11 is 0. The predicted octanol–water partition coefficient (Wildman–Crippen LogP) is 15.7. The molecule has 10 aromatic carbocycles. The van der Waals surface area contributed by atoms with E-state index in [2.05, 4.69) is 217 Å². The fourth-order valence-electron chi connectivity index (χ4n) is 9.44. The minimum absolute atomic E-state index is 0.913. The third-order valence-electron chi connectivity index (χ3n) is 12.0. The lowest BCUT2D eigenvalue weighted by Crippen LogP contribution is -1.94. The highest BCUT2D eigenvalue weighted by molar-refractivity contribution is 6.21. The minimum atomic E-state index is 0.913. The Hall–Kier alpha value is -7.68. The molecule has 0 saturated carbocycles. The van der Waals surface area contributed by atoms with E-state index in [4.69, 9.17) is 4.42 Å². The third-order valence-corrected chi connectivity index (χ3v) is 12.0. The first-order valence-corrected chi connectivity index (χ1v) is 19.9. The van der Waals surface area contributed by atoms with Gasteiger partial charge in [0.2, 0.25) is 0 Å². The smallest absolute Gasteiger partial charge is 0.143 e. The fraction of sp³-hybridized carbons (Fsp3) is 0. The Morgan fingerprint density at radius 2 is 0.707 bits per heavy atom. The summed E-state index contributed by atoms with van der Waals surface area (Å²) < 4.78 is 9.23. The Morgan fingerprint density at radius 3 is 1.29 bits per heavy atom. The van der Waals surface area contributed by atoms with Gasteiger partial charge in [-0.3, -0.25) is 0 Å². The fourth-order valence-corrected chi connectivity index (χ4v) is 9.44. The van der Waals surface area contributed by atoms with E-state index in [1.165, 1.54) is 65.6 Å². The first kappa shape index (κ1) is 32.6. The molecule has 2 heteroatoms. The summed E-state index contributed by atoms with van der Waals surface area (Å²) in [6, 6.07) is 76.8. The standard InChI is InChI=1S/C56H35NO/c1-3-15-36(16-4-1)41-24-13-26-48-49-27-14-25-42(56(49)58-55(41)48)39-31-34-52-50(35-39)43-19-11-12-28-51(43)57(52)40-32-29-38(30-33-40)54-46-22-9-7-20-44(46)53(37-17-5-2-6-18-37)45-21-8-10-23-47(45)54/h1-35H. The number of hydrogen-bond donors (Lipinski definition) is 0. The number of aromatic nitrogens is 1. The SMILES string of the molecule is c1ccc(-c2c3ccccc3c(-c3ccc(-n4c5ccccc5c5cc(-c6cccc7c6oc6c(-c8ccccc8)cccc67)ccc54)cc3)c3ccccc23)cc1. The van der Waals surface area contributed by atoms with Gasteiger partial charge in [-0.1, -0.05) is 182 Å². The van der Waals surface area contributed by atoms with Crippen molar-refractivity contribution in [1.82, 2.24) is 4.57 Å². The molecular formula is C56H35NO. The van der Waals surface area contributed by atoms with E-state index in [0.29, 0.717) is 0 Å². The van der Waals surface area contributed by atoms with Crippen LogP contribution >= 0.6 is 0 Å². The molecule has 0 saturated heterocycles. The van der Waals surface area contributed by atoms with Crippen LogP contribution in [0.25, 0.3) is 115 Å². The molecule has 12 rings (SSSR count). The van der Waals surface area contributed by atoms with Crippen molar-refractivity contribution in [3.8, 4) is 50.2 Å². The van der Waals surface area contributed by atoms with Crippen molar-refractivity contribution in [2.24, 2.45) is 0 Å². The molecule has 0 spiro atoms. The van der Waals surface area contributed by atoms with E-state index in [1.54, 1.807) is 0 Å². The molecule has 0 aliphatic carbocycles. The molecule has 2 aromatic heterocycles. The van der Waals surface area contributed by atoms with Crippen molar-refractivity contribution in [2.75, 3.05) is 0 Å². The van der Waals surface area contributed by atoms with E-state index in [1.807, 2.05) is 0 Å². The molecule has 0 fully saturated rings. The van der Waals surface area contributed by atoms with Gasteiger partial charge in [0.05, 0.1) is 11.0 Å². The van der Waals surface area contributed by atoms with Crippen LogP contribution in [0.2, 0.25) is 0 Å². The van der Waals surface area contributed by atoms with Crippen LogP contribution in [0.1, 0.15) is 0 Å². The van der Waals surface area contributed by atoms with Crippen molar-refractivity contribution < 1.29 is 4.42 Å². The normalized spacial score (nSPS) is 11.8. The van der Waals surface area contributed by atoms with Gasteiger partial charge < -0.3 is 8.98 Å². The van der Waals surface area contributed by atoms with E-state index in [-0.39, 0.29) is 0 Å². The largest absolute Gasteiger partial charge is 0.455 e. The Balaban J connectivity index is 1.00. The van der Waals surface area contributed by atoms with E-state index in [0.717, 1.165) is 49.9 Å². The molecule has 0 unspecified atom stereocenters. The zero-order chi connectivity index (χ0) is 38.2. The van der Waals surface area contributed by atoms with Crippen LogP contribution in [0, 0.1) is 0 Å². The minimum Gasteiger partial charge on any atom is -0.455 e. The summed E-state index contributed by atoms with van der Waals surface area (Å²) in [5, 5.41) is 9.74. The van der Waals surface area contributed by atoms with Gasteiger partial charge in [0.15, 0.2) is 0 Å². The van der Waals surface area contributed by atoms with Gasteiger partial charge in [-0.25, -0.2) is 0 Å². The summed E-state index contributed by atoms with van der Waals surface area (Å²) in [6.07, 6.45) is 0. The van der Waals surface area contributed by atoms with Gasteiger partial charge in [0.25, 0.3) is 0 Å². The third kappa shape index (κ3) is 4.92. The Bertz CT molecular complexity index is 3480. The molecule has 0 radical (unpaired) electrons. The number of hydrogen-bond acceptors (Lipinski definition) is 1. The predicted molar refractivity (Wildman–Crippen MR) is 245 cm³/mol. The number of para-hydroxylation sites is 3. The van der Waals surface area contributed by atoms with Crippen LogP contribution in [0.15, 0.2) is 217 Å². The van der Waals surface area contributed by atoms with Crippen molar-refractivity contribution in [3.05, 3.63) is 212 Å². The first-order valence-electron chi connectivity index (χ1n) is 19.9. The van der Waals surface area contributed by atoms with Crippen molar-refractivity contribution in [1.29, 1.82) is 0 Å². The second kappa shape index (κ2) is 12.9. The maximum Gasteiger partial charge on any atom is 0.143 e. The van der Waals surface area contributed by atoms with E-state index < -0.39 is 0 Å². The molecule has 0 bridgehead atoms. The molecule has 0 atom stereocenters. The summed E-state index contributed by atoms with van der Waals surface area (Å²) in [4.78, 5) is 0. The number of fused-ring (bicyclic) bond motifs is 8. The van der Waals surface area contributed by atoms with Gasteiger partial charge in [0, 0.05) is 38.4 Å². The molecular weight excluding hydrogens is 703 g/mol. The molecule has 2 heterocycles. The summed E-state index contributed by atoms with van der Waals surface area (Å²) in [5.41, 5.74) is 14.8. The highest BCUT2D eigenvalue weighted by atomic mass is 16.3. The van der Waals surface area contributed by atoms with Crippen LogP contribution < -0.4 is 0 Å². The van der Waals surface area contributed by atoms with Crippen molar-refractivity contribution in [2.45, 2.75) is 0 Å². The number of furan rings is 1. The van der Waals surface area contributed by atoms with Gasteiger partial charge in [-0.05, 0) is 85.3 Å². The number of benzene rings is 10. The van der Waals surface area contributed by atoms with Gasteiger partial charge >= 0.3 is 0 Å². The van der Waals surface area contributed by atoms with Gasteiger partial charge in [-0.2, -0.15) is 0 Å². The molecule has 2 nitrogen and oxygen atoms in total. The van der Waals surface area contributed by atoms with Crippen LogP contribution in [-0.4, -0.2) is 4.57 Å². The Kier molecular flexibility index (Phi) is 7.26. The highest BCUT2D eigenvalue weighted by Gasteiger charge is 2.20. The lowest BCUT2D eigenvalue weighted by molar-refractivity contribution is 0.671. The lowest BCUT2D eigenvalue weighted by Gasteiger charge is -2.18. The maximum absolute atomic E-state index is 6.82. The number of nitrogens with zero attached hydrogens (tertiary/aromatic N) is 1. The topological polar surface area (TPSA) is 18.1 Å². The summed E-state index contributed by atoms with van der Waals surface area (Å²) in [7, 11) is 0. The summed E-state index contributed by atoms with van der Waals surface area (Å²) in [5.74, 6) is 0. The van der Waals surface area contributed by atoms with Crippen LogP contribution in [0.5, 0.6) is 0 Å². The van der Waals surface area contributed by atoms with Crippen molar-refractivity contribution in [3.63, 3.8) is 0 Å². The number of rotatable bonds is 5. The van der Waals surface area contributed by atoms with Crippen LogP contribution in [-0.2, 0) is 0 Å². The lowest BCUT2D eigenvalue weighted by atomic mass is 9.86. The first-order chi connectivity index (χ1) is 28.8. The second-order valence-corrected chi connectivity index (χ2v) is 15.2. The zero-order valence-electron chi connectivity index (χ0n) is 31.6. The molecule has 12 aromatic rings. The van der Waals surface area contributed by atoms with Crippen LogP contribution in [0.4, 0.5) is 0 Å². The molecule has 0 N–H and O–H groups in total. The van der Waals surface area contributed by atoms with E-state index in [9.17, 15) is 0 Å². The highest BCUT2D eigenvalue weighted by Crippen LogP contribution is 2.45. The monoisotopic (exact) mass is 737 g/mol. The van der Waals surface area contributed by atoms with E-state index >= 15 is 0 Å². The molecule has 58 heavy (non-hydrogen) atoms. The average Bonchev–Trinajstić information content (AvgIpc) is 3.85. The van der Waals surface area contributed by atoms with Crippen molar-refractivity contribution >= 4 is 65.3 Å². The average molecular weight is 738 g/mol. The van der Waals surface area contributed by atoms with Gasteiger partial charge in [-0.15, -0.1) is 0 Å². The Labute approximate surface area is 335 Å². The Morgan fingerprint density at radius 1 is 0.276 bits per heavy atom.